The van der Waals surface area contributed by atoms with Gasteiger partial charge in [0.05, 0.1) is 0 Å². The number of nitrogens with two attached hydrogens (primary N) is 1. The molecule has 0 aromatic heterocycles. The molecule has 82 valence electrons. The molecule has 1 aromatic rings. The van der Waals surface area contributed by atoms with E-state index in [2.05, 4.69) is 29.6 Å². The Balaban J connectivity index is 1.78. The van der Waals surface area contributed by atoms with E-state index in [4.69, 9.17) is 5.73 Å². The molecule has 2 nitrogen and oxygen atoms in total. The largest absolute Gasteiger partial charge is 0.385 e. The molecule has 1 saturated carbocycles. The number of nitrogens with one attached hydrogen (secondary N) is 1. The lowest BCUT2D eigenvalue weighted by molar-refractivity contribution is 0.335. The molecule has 0 aliphatic heterocycles. The fourth-order valence-corrected chi connectivity index (χ4v) is 2.34. The minimum Gasteiger partial charge on any atom is -0.385 e. The highest BCUT2D eigenvalue weighted by Crippen LogP contribution is 2.23. The van der Waals surface area contributed by atoms with Crippen LogP contribution in [0, 0.1) is 5.92 Å². The van der Waals surface area contributed by atoms with E-state index in [-0.39, 0.29) is 0 Å². The van der Waals surface area contributed by atoms with Crippen molar-refractivity contribution in [2.75, 3.05) is 11.9 Å². The van der Waals surface area contributed by atoms with Crippen molar-refractivity contribution in [2.24, 2.45) is 11.7 Å². The first-order chi connectivity index (χ1) is 7.34. The van der Waals surface area contributed by atoms with E-state index in [1.165, 1.54) is 31.4 Å². The molecule has 0 saturated heterocycles. The molecule has 0 amide bonds. The molecular formula is C13H20N2. The molecule has 2 rings (SSSR count). The van der Waals surface area contributed by atoms with Gasteiger partial charge in [0.15, 0.2) is 0 Å². The summed E-state index contributed by atoms with van der Waals surface area (Å²) >= 11 is 0. The summed E-state index contributed by atoms with van der Waals surface area (Å²) in [6.45, 7) is 1.07. The van der Waals surface area contributed by atoms with Crippen LogP contribution in [0.25, 0.3) is 0 Å². The summed E-state index contributed by atoms with van der Waals surface area (Å²) in [5.74, 6) is 0.758. The molecular weight excluding hydrogens is 184 g/mol. The second kappa shape index (κ2) is 5.17. The van der Waals surface area contributed by atoms with Crippen LogP contribution in [0.3, 0.4) is 0 Å². The topological polar surface area (TPSA) is 38.0 Å². The first-order valence-corrected chi connectivity index (χ1v) is 5.89. The normalized spacial score (nSPS) is 26.2. The van der Waals surface area contributed by atoms with E-state index in [1.54, 1.807) is 0 Å². The average Bonchev–Trinajstić information content (AvgIpc) is 2.28. The predicted octanol–water partition coefficient (Wildman–Crippen LogP) is 2.62. The van der Waals surface area contributed by atoms with Crippen LogP contribution >= 0.6 is 0 Å². The first kappa shape index (κ1) is 10.5. The number of hydrogen-bond acceptors (Lipinski definition) is 2. The Bertz CT molecular complexity index is 284. The number of benzene rings is 1. The summed E-state index contributed by atoms with van der Waals surface area (Å²) in [5, 5.41) is 3.48. The van der Waals surface area contributed by atoms with Gasteiger partial charge in [-0.2, -0.15) is 0 Å². The fourth-order valence-electron chi connectivity index (χ4n) is 2.34. The predicted molar refractivity (Wildman–Crippen MR) is 64.9 cm³/mol. The highest BCUT2D eigenvalue weighted by molar-refractivity contribution is 5.42. The van der Waals surface area contributed by atoms with Gasteiger partial charge in [-0.05, 0) is 37.3 Å². The summed E-state index contributed by atoms with van der Waals surface area (Å²) in [6, 6.07) is 10.8. The second-order valence-corrected chi connectivity index (χ2v) is 4.54. The van der Waals surface area contributed by atoms with Gasteiger partial charge in [0, 0.05) is 18.3 Å². The van der Waals surface area contributed by atoms with Crippen LogP contribution in [0.15, 0.2) is 30.3 Å². The molecule has 1 aliphatic rings. The Morgan fingerprint density at radius 2 is 2.00 bits per heavy atom. The summed E-state index contributed by atoms with van der Waals surface area (Å²) in [6.07, 6.45) is 5.01. The summed E-state index contributed by atoms with van der Waals surface area (Å²) < 4.78 is 0. The van der Waals surface area contributed by atoms with E-state index in [0.29, 0.717) is 6.04 Å². The van der Waals surface area contributed by atoms with Gasteiger partial charge >= 0.3 is 0 Å². The van der Waals surface area contributed by atoms with E-state index in [9.17, 15) is 0 Å². The molecule has 0 radical (unpaired) electrons. The van der Waals surface area contributed by atoms with Crippen molar-refractivity contribution in [3.8, 4) is 0 Å². The zero-order chi connectivity index (χ0) is 10.5. The van der Waals surface area contributed by atoms with Crippen molar-refractivity contribution in [3.05, 3.63) is 30.3 Å². The zero-order valence-electron chi connectivity index (χ0n) is 9.15. The SMILES string of the molecule is NC1CCCC(CNc2ccccc2)C1. The van der Waals surface area contributed by atoms with Crippen LogP contribution in [0.4, 0.5) is 5.69 Å². The molecule has 1 aromatic carbocycles. The highest BCUT2D eigenvalue weighted by Gasteiger charge is 2.18. The van der Waals surface area contributed by atoms with Gasteiger partial charge in [-0.1, -0.05) is 24.6 Å². The Morgan fingerprint density at radius 3 is 2.73 bits per heavy atom. The molecule has 0 heterocycles. The molecule has 1 aliphatic carbocycles. The maximum Gasteiger partial charge on any atom is 0.0340 e. The van der Waals surface area contributed by atoms with Crippen LogP contribution in [-0.4, -0.2) is 12.6 Å². The number of anilines is 1. The van der Waals surface area contributed by atoms with Crippen molar-refractivity contribution in [3.63, 3.8) is 0 Å². The van der Waals surface area contributed by atoms with Crippen molar-refractivity contribution in [1.29, 1.82) is 0 Å². The van der Waals surface area contributed by atoms with E-state index >= 15 is 0 Å². The van der Waals surface area contributed by atoms with Crippen molar-refractivity contribution in [2.45, 2.75) is 31.7 Å². The summed E-state index contributed by atoms with van der Waals surface area (Å²) in [4.78, 5) is 0. The quantitative estimate of drug-likeness (QED) is 0.794. The van der Waals surface area contributed by atoms with Gasteiger partial charge < -0.3 is 11.1 Å². The first-order valence-electron chi connectivity index (χ1n) is 5.89. The van der Waals surface area contributed by atoms with Gasteiger partial charge in [-0.25, -0.2) is 0 Å². The molecule has 2 atom stereocenters. The van der Waals surface area contributed by atoms with Gasteiger partial charge in [-0.15, -0.1) is 0 Å². The highest BCUT2D eigenvalue weighted by atomic mass is 14.9. The summed E-state index contributed by atoms with van der Waals surface area (Å²) in [7, 11) is 0. The van der Waals surface area contributed by atoms with Crippen molar-refractivity contribution >= 4 is 5.69 Å². The zero-order valence-corrected chi connectivity index (χ0v) is 9.15. The number of hydrogen-bond donors (Lipinski definition) is 2. The smallest absolute Gasteiger partial charge is 0.0340 e. The molecule has 2 unspecified atom stereocenters. The number of para-hydroxylation sites is 1. The van der Waals surface area contributed by atoms with Crippen LogP contribution < -0.4 is 11.1 Å². The Labute approximate surface area is 91.9 Å². The lowest BCUT2D eigenvalue weighted by Crippen LogP contribution is -2.30. The summed E-state index contributed by atoms with van der Waals surface area (Å²) in [5.41, 5.74) is 7.19. The maximum atomic E-state index is 5.97. The molecule has 0 spiro atoms. The average molecular weight is 204 g/mol. The van der Waals surface area contributed by atoms with E-state index in [1.807, 2.05) is 6.07 Å². The number of rotatable bonds is 3. The lowest BCUT2D eigenvalue weighted by Gasteiger charge is -2.26. The minimum absolute atomic E-state index is 0.432. The third kappa shape index (κ3) is 3.24. The third-order valence-electron chi connectivity index (χ3n) is 3.19. The monoisotopic (exact) mass is 204 g/mol. The van der Waals surface area contributed by atoms with Crippen molar-refractivity contribution in [1.82, 2.24) is 0 Å². The van der Waals surface area contributed by atoms with E-state index < -0.39 is 0 Å². The molecule has 3 N–H and O–H groups in total. The Kier molecular flexibility index (Phi) is 3.62. The lowest BCUT2D eigenvalue weighted by atomic mass is 9.86. The van der Waals surface area contributed by atoms with Gasteiger partial charge in [0.25, 0.3) is 0 Å². The second-order valence-electron chi connectivity index (χ2n) is 4.54. The third-order valence-corrected chi connectivity index (χ3v) is 3.19. The Morgan fingerprint density at radius 1 is 1.20 bits per heavy atom. The fraction of sp³-hybridized carbons (Fsp3) is 0.538. The molecule has 0 bridgehead atoms. The Hall–Kier alpha value is -1.02. The van der Waals surface area contributed by atoms with E-state index in [0.717, 1.165) is 12.5 Å². The van der Waals surface area contributed by atoms with Crippen LogP contribution in [-0.2, 0) is 0 Å². The maximum absolute atomic E-state index is 5.97. The van der Waals surface area contributed by atoms with Gasteiger partial charge in [-0.3, -0.25) is 0 Å². The van der Waals surface area contributed by atoms with Crippen molar-refractivity contribution < 1.29 is 0 Å². The standard InChI is InChI=1S/C13H20N2/c14-12-6-4-5-11(9-12)10-15-13-7-2-1-3-8-13/h1-3,7-8,11-12,15H,4-6,9-10,14H2. The van der Waals surface area contributed by atoms with Gasteiger partial charge in [0.1, 0.15) is 0 Å². The minimum atomic E-state index is 0.432. The van der Waals surface area contributed by atoms with Crippen LogP contribution in [0.1, 0.15) is 25.7 Å². The van der Waals surface area contributed by atoms with Crippen LogP contribution in [0.5, 0.6) is 0 Å². The molecule has 2 heteroatoms. The van der Waals surface area contributed by atoms with Crippen LogP contribution in [0.2, 0.25) is 0 Å². The molecule has 15 heavy (non-hydrogen) atoms. The molecule has 1 fully saturated rings. The van der Waals surface area contributed by atoms with Gasteiger partial charge in [0.2, 0.25) is 0 Å².